The van der Waals surface area contributed by atoms with E-state index in [2.05, 4.69) is 43.1 Å². The van der Waals surface area contributed by atoms with Gasteiger partial charge in [-0.15, -0.1) is 0 Å². The van der Waals surface area contributed by atoms with E-state index in [9.17, 15) is 5.26 Å². The van der Waals surface area contributed by atoms with Gasteiger partial charge in [-0.1, -0.05) is 26.0 Å². The first kappa shape index (κ1) is 20.0. The molecule has 1 aromatic heterocycles. The first-order valence-electron chi connectivity index (χ1n) is 10.9. The molecule has 5 atom stereocenters. The number of nitrogens with zero attached hydrogens (tertiary/aromatic N) is 3. The minimum atomic E-state index is -0.482. The van der Waals surface area contributed by atoms with Crippen molar-refractivity contribution < 1.29 is 9.47 Å². The van der Waals surface area contributed by atoms with E-state index in [0.29, 0.717) is 24.0 Å². The summed E-state index contributed by atoms with van der Waals surface area (Å²) in [5.41, 5.74) is 10.6. The monoisotopic (exact) mass is 416 g/mol. The second-order valence-electron chi connectivity index (χ2n) is 9.57. The minimum absolute atomic E-state index is 0.0459. The van der Waals surface area contributed by atoms with Crippen molar-refractivity contribution >= 4 is 6.02 Å². The lowest BCUT2D eigenvalue weighted by Crippen LogP contribution is -2.51. The van der Waals surface area contributed by atoms with Crippen LogP contribution in [0.1, 0.15) is 43.4 Å². The zero-order valence-electron chi connectivity index (χ0n) is 18.3. The van der Waals surface area contributed by atoms with Gasteiger partial charge in [0, 0.05) is 30.5 Å². The molecule has 160 valence electrons. The smallest absolute Gasteiger partial charge is 0.283 e. The van der Waals surface area contributed by atoms with E-state index in [4.69, 9.17) is 20.2 Å². The number of nitrogens with two attached hydrogens (primary N) is 1. The Kier molecular flexibility index (Phi) is 4.56. The molecular weight excluding hydrogens is 388 g/mol. The van der Waals surface area contributed by atoms with Gasteiger partial charge >= 0.3 is 0 Å². The molecule has 2 spiro atoms. The molecule has 3 unspecified atom stereocenters. The molecule has 1 fully saturated rings. The van der Waals surface area contributed by atoms with E-state index in [1.807, 2.05) is 13.2 Å². The fraction of sp³-hybridized carbons (Fsp3) is 0.480. The molecule has 6 heteroatoms. The highest BCUT2D eigenvalue weighted by Crippen LogP contribution is 2.63. The van der Waals surface area contributed by atoms with Crippen molar-refractivity contribution in [2.45, 2.75) is 44.8 Å². The average molecular weight is 417 g/mol. The summed E-state index contributed by atoms with van der Waals surface area (Å²) in [6.07, 6.45) is 6.64. The van der Waals surface area contributed by atoms with Gasteiger partial charge in [0.2, 0.25) is 0 Å². The van der Waals surface area contributed by atoms with Crippen LogP contribution in [0.15, 0.2) is 41.7 Å². The van der Waals surface area contributed by atoms with Gasteiger partial charge in [-0.3, -0.25) is 4.98 Å². The van der Waals surface area contributed by atoms with E-state index in [0.717, 1.165) is 30.4 Å². The standard InChI is InChI=1S/C25H28N4O2/c1-15-8-24(9-16(2)22(15)30-3)10-19-5-4-18(20-6-17(11-26)12-28-13-20)7-21(19)25(24)14-31-23(27)29-25/h4-7,12-13,15-16,22H,8-10,14H2,1-3H3,(H2,27,29)/t15-,16+,22?,24?,25?. The van der Waals surface area contributed by atoms with Crippen LogP contribution in [-0.4, -0.2) is 30.8 Å². The van der Waals surface area contributed by atoms with E-state index in [-0.39, 0.29) is 17.5 Å². The third-order valence-electron chi connectivity index (χ3n) is 7.71. The van der Waals surface area contributed by atoms with Crippen LogP contribution in [0.5, 0.6) is 0 Å². The number of fused-ring (bicyclic) bond motifs is 3. The van der Waals surface area contributed by atoms with Gasteiger partial charge in [-0.05, 0) is 59.9 Å². The van der Waals surface area contributed by atoms with Crippen LogP contribution < -0.4 is 5.73 Å². The summed E-state index contributed by atoms with van der Waals surface area (Å²) >= 11 is 0. The van der Waals surface area contributed by atoms with E-state index in [1.165, 1.54) is 11.1 Å². The Bertz CT molecular complexity index is 1090. The summed E-state index contributed by atoms with van der Waals surface area (Å²) in [6, 6.07) is 10.9. The topological polar surface area (TPSA) is 93.5 Å². The summed E-state index contributed by atoms with van der Waals surface area (Å²) in [6.45, 7) is 5.05. The maximum absolute atomic E-state index is 9.27. The molecule has 6 nitrogen and oxygen atoms in total. The molecule has 1 aromatic carbocycles. The van der Waals surface area contributed by atoms with Crippen LogP contribution >= 0.6 is 0 Å². The molecule has 1 saturated carbocycles. The van der Waals surface area contributed by atoms with Crippen molar-refractivity contribution in [3.8, 4) is 17.2 Å². The third kappa shape index (κ3) is 2.87. The van der Waals surface area contributed by atoms with Crippen LogP contribution in [0, 0.1) is 28.6 Å². The Hall–Kier alpha value is -2.91. The highest BCUT2D eigenvalue weighted by molar-refractivity contribution is 5.76. The number of ether oxygens (including phenoxy) is 2. The van der Waals surface area contributed by atoms with Gasteiger partial charge < -0.3 is 15.2 Å². The number of methoxy groups -OCH3 is 1. The van der Waals surface area contributed by atoms with Crippen molar-refractivity contribution in [2.75, 3.05) is 13.7 Å². The van der Waals surface area contributed by atoms with Gasteiger partial charge in [-0.25, -0.2) is 4.99 Å². The second-order valence-corrected chi connectivity index (χ2v) is 9.57. The van der Waals surface area contributed by atoms with Crippen molar-refractivity contribution in [1.29, 1.82) is 5.26 Å². The minimum Gasteiger partial charge on any atom is -0.462 e. The molecule has 0 bridgehead atoms. The number of rotatable bonds is 2. The van der Waals surface area contributed by atoms with Crippen molar-refractivity contribution in [1.82, 2.24) is 4.98 Å². The molecule has 1 aliphatic heterocycles. The van der Waals surface area contributed by atoms with Crippen molar-refractivity contribution in [3.05, 3.63) is 53.3 Å². The molecule has 3 aliphatic rings. The molecule has 2 aromatic rings. The molecule has 0 radical (unpaired) electrons. The first-order chi connectivity index (χ1) is 14.9. The van der Waals surface area contributed by atoms with E-state index < -0.39 is 5.54 Å². The Labute approximate surface area is 183 Å². The summed E-state index contributed by atoms with van der Waals surface area (Å²) in [4.78, 5) is 9.23. The number of amidine groups is 1. The van der Waals surface area contributed by atoms with Crippen molar-refractivity contribution in [3.63, 3.8) is 0 Å². The largest absolute Gasteiger partial charge is 0.462 e. The number of nitriles is 1. The lowest BCUT2D eigenvalue weighted by atomic mass is 9.57. The number of benzene rings is 1. The summed E-state index contributed by atoms with van der Waals surface area (Å²) < 4.78 is 11.7. The second kappa shape index (κ2) is 7.06. The molecule has 5 rings (SSSR count). The lowest BCUT2D eigenvalue weighted by Gasteiger charge is -2.50. The number of aliphatic imine (C=N–C) groups is 1. The SMILES string of the molecule is COC1[C@H](C)CC2(Cc3ccc(-c4cncc(C#N)c4)cc3C23COC(N)=N3)C[C@@H]1C. The maximum Gasteiger partial charge on any atom is 0.283 e. The molecular formula is C25H28N4O2. The molecule has 0 saturated heterocycles. The van der Waals surface area contributed by atoms with Crippen molar-refractivity contribution in [2.24, 2.45) is 28.0 Å². The maximum atomic E-state index is 9.27. The first-order valence-corrected chi connectivity index (χ1v) is 10.9. The average Bonchev–Trinajstić information content (AvgIpc) is 3.27. The number of hydrogen-bond donors (Lipinski definition) is 1. The van der Waals surface area contributed by atoms with Crippen LogP contribution in [0.2, 0.25) is 0 Å². The van der Waals surface area contributed by atoms with Gasteiger partial charge in [0.15, 0.2) is 0 Å². The fourth-order valence-electron chi connectivity index (χ4n) is 6.65. The highest BCUT2D eigenvalue weighted by atomic mass is 16.5. The number of pyridine rings is 1. The number of aromatic nitrogens is 1. The van der Waals surface area contributed by atoms with E-state index >= 15 is 0 Å². The molecule has 2 N–H and O–H groups in total. The van der Waals surface area contributed by atoms with Crippen LogP contribution in [0.4, 0.5) is 0 Å². The molecule has 31 heavy (non-hydrogen) atoms. The summed E-state index contributed by atoms with van der Waals surface area (Å²) in [5, 5.41) is 9.27. The predicted octanol–water partition coefficient (Wildman–Crippen LogP) is 3.78. The zero-order chi connectivity index (χ0) is 21.8. The fourth-order valence-corrected chi connectivity index (χ4v) is 6.65. The Morgan fingerprint density at radius 2 is 1.94 bits per heavy atom. The predicted molar refractivity (Wildman–Crippen MR) is 118 cm³/mol. The quantitative estimate of drug-likeness (QED) is 0.804. The zero-order valence-corrected chi connectivity index (χ0v) is 18.3. The number of hydrogen-bond acceptors (Lipinski definition) is 6. The molecule has 2 aliphatic carbocycles. The van der Waals surface area contributed by atoms with Crippen LogP contribution in [0.3, 0.4) is 0 Å². The Morgan fingerprint density at radius 1 is 1.16 bits per heavy atom. The normalized spacial score (nSPS) is 33.7. The Morgan fingerprint density at radius 3 is 2.58 bits per heavy atom. The van der Waals surface area contributed by atoms with Gasteiger partial charge in [0.25, 0.3) is 6.02 Å². The molecule has 2 heterocycles. The van der Waals surface area contributed by atoms with Crippen LogP contribution in [0.25, 0.3) is 11.1 Å². The Balaban J connectivity index is 1.63. The van der Waals surface area contributed by atoms with Crippen LogP contribution in [-0.2, 0) is 21.4 Å². The van der Waals surface area contributed by atoms with Gasteiger partial charge in [0.1, 0.15) is 18.2 Å². The van der Waals surface area contributed by atoms with E-state index in [1.54, 1.807) is 12.4 Å². The third-order valence-corrected chi connectivity index (χ3v) is 7.71. The van der Waals surface area contributed by atoms with Gasteiger partial charge in [-0.2, -0.15) is 5.26 Å². The van der Waals surface area contributed by atoms with Gasteiger partial charge in [0.05, 0.1) is 11.7 Å². The highest BCUT2D eigenvalue weighted by Gasteiger charge is 2.63. The summed E-state index contributed by atoms with van der Waals surface area (Å²) in [5.74, 6) is 0.848. The summed E-state index contributed by atoms with van der Waals surface area (Å²) in [7, 11) is 1.82. The molecule has 0 amide bonds. The lowest BCUT2D eigenvalue weighted by molar-refractivity contribution is -0.0779.